The molecule has 0 aliphatic heterocycles. The molecule has 13 heteroatoms. The van der Waals surface area contributed by atoms with Gasteiger partial charge in [0.25, 0.3) is 10.0 Å². The van der Waals surface area contributed by atoms with Gasteiger partial charge in [-0.25, -0.2) is 31.5 Å². The minimum atomic E-state index is -3.97. The molecule has 0 aliphatic carbocycles. The molecule has 1 aromatic heterocycles. The number of anilines is 3. The Morgan fingerprint density at radius 2 is 1.49 bits per heavy atom. The van der Waals surface area contributed by atoms with E-state index < -0.39 is 32.0 Å². The molecule has 0 unspecified atom stereocenters. The molecule has 0 bridgehead atoms. The summed E-state index contributed by atoms with van der Waals surface area (Å²) in [7, 11) is -7.77. The van der Waals surface area contributed by atoms with Crippen LogP contribution in [-0.2, 0) is 24.8 Å². The number of hydrogen-bond acceptors (Lipinski definition) is 7. The van der Waals surface area contributed by atoms with Gasteiger partial charge in [0.05, 0.1) is 16.8 Å². The second kappa shape index (κ2) is 10.2. The smallest absolute Gasteiger partial charge is 0.264 e. The average molecular weight is 538 g/mol. The maximum absolute atomic E-state index is 12.8. The predicted molar refractivity (Wildman–Crippen MR) is 136 cm³/mol. The van der Waals surface area contributed by atoms with Gasteiger partial charge in [-0.3, -0.25) is 9.10 Å². The number of nitrogens with one attached hydrogen (secondary N) is 2. The first-order valence-electron chi connectivity index (χ1n) is 10.3. The predicted octanol–water partition coefficient (Wildman–Crippen LogP) is 3.34. The Bertz CT molecular complexity index is 1420. The Balaban J connectivity index is 1.76. The summed E-state index contributed by atoms with van der Waals surface area (Å²) in [4.78, 5) is 20.9. The van der Waals surface area contributed by atoms with Gasteiger partial charge >= 0.3 is 0 Å². The van der Waals surface area contributed by atoms with E-state index >= 15 is 0 Å². The number of carbonyl (C=O) groups excluding carboxylic acids is 1. The number of nitrogens with zero attached hydrogens (tertiary/aromatic N) is 3. The average Bonchev–Trinajstić information content (AvgIpc) is 2.73. The van der Waals surface area contributed by atoms with E-state index in [0.717, 1.165) is 10.6 Å². The molecule has 2 aromatic carbocycles. The number of carbonyl (C=O) groups is 1. The molecular weight excluding hydrogens is 514 g/mol. The van der Waals surface area contributed by atoms with E-state index in [9.17, 15) is 21.6 Å². The SMILES string of the molecule is Cc1cc(C)nc(NS(=O)(=O)c2ccc(NC(=O)[C@@H](C)N(c3ccc(Cl)cc3)S(C)(=O)=O)cc2)n1. The van der Waals surface area contributed by atoms with Crippen LogP contribution < -0.4 is 14.3 Å². The lowest BCUT2D eigenvalue weighted by Crippen LogP contribution is -2.45. The van der Waals surface area contributed by atoms with Crippen LogP contribution in [0.15, 0.2) is 59.5 Å². The maximum Gasteiger partial charge on any atom is 0.264 e. The number of halogens is 1. The Hall–Kier alpha value is -3.22. The summed E-state index contributed by atoms with van der Waals surface area (Å²) in [5, 5.41) is 3.03. The van der Waals surface area contributed by atoms with Crippen molar-refractivity contribution in [2.75, 3.05) is 20.6 Å². The molecule has 3 rings (SSSR count). The zero-order chi connectivity index (χ0) is 26.0. The van der Waals surface area contributed by atoms with E-state index in [1.807, 2.05) is 0 Å². The van der Waals surface area contributed by atoms with Gasteiger partial charge < -0.3 is 5.32 Å². The lowest BCUT2D eigenvalue weighted by molar-refractivity contribution is -0.116. The zero-order valence-electron chi connectivity index (χ0n) is 19.4. The van der Waals surface area contributed by atoms with Gasteiger partial charge in [-0.2, -0.15) is 0 Å². The zero-order valence-corrected chi connectivity index (χ0v) is 21.7. The van der Waals surface area contributed by atoms with Gasteiger partial charge in [0.15, 0.2) is 0 Å². The number of benzene rings is 2. The maximum atomic E-state index is 12.8. The molecule has 2 N–H and O–H groups in total. The summed E-state index contributed by atoms with van der Waals surface area (Å²) in [6.07, 6.45) is 0.997. The number of amides is 1. The molecular formula is C22H24ClN5O5S2. The molecule has 186 valence electrons. The minimum Gasteiger partial charge on any atom is -0.324 e. The highest BCUT2D eigenvalue weighted by molar-refractivity contribution is 7.92. The van der Waals surface area contributed by atoms with Crippen molar-refractivity contribution >= 4 is 54.9 Å². The Morgan fingerprint density at radius 3 is 2.00 bits per heavy atom. The molecule has 0 radical (unpaired) electrons. The second-order valence-electron chi connectivity index (χ2n) is 7.80. The van der Waals surface area contributed by atoms with Crippen LogP contribution in [0.3, 0.4) is 0 Å². The highest BCUT2D eigenvalue weighted by Gasteiger charge is 2.29. The first-order valence-corrected chi connectivity index (χ1v) is 14.0. The van der Waals surface area contributed by atoms with Crippen molar-refractivity contribution in [3.05, 3.63) is 71.0 Å². The number of aromatic nitrogens is 2. The highest BCUT2D eigenvalue weighted by Crippen LogP contribution is 2.24. The first kappa shape index (κ1) is 26.4. The van der Waals surface area contributed by atoms with Crippen LogP contribution in [0.2, 0.25) is 5.02 Å². The fraction of sp³-hybridized carbons (Fsp3) is 0.227. The van der Waals surface area contributed by atoms with Gasteiger partial charge in [-0.15, -0.1) is 0 Å². The Morgan fingerprint density at radius 1 is 0.943 bits per heavy atom. The lowest BCUT2D eigenvalue weighted by atomic mass is 10.2. The Labute approximate surface area is 209 Å². The number of sulfonamides is 2. The third kappa shape index (κ3) is 6.68. The number of hydrogen-bond donors (Lipinski definition) is 2. The second-order valence-corrected chi connectivity index (χ2v) is 11.8. The van der Waals surface area contributed by atoms with Crippen LogP contribution in [-0.4, -0.2) is 45.0 Å². The molecule has 3 aromatic rings. The van der Waals surface area contributed by atoms with Crippen LogP contribution >= 0.6 is 11.6 Å². The fourth-order valence-electron chi connectivity index (χ4n) is 3.31. The highest BCUT2D eigenvalue weighted by atomic mass is 35.5. The van der Waals surface area contributed by atoms with Gasteiger partial charge in [0.1, 0.15) is 6.04 Å². The van der Waals surface area contributed by atoms with Crippen molar-refractivity contribution in [3.8, 4) is 0 Å². The van der Waals surface area contributed by atoms with E-state index in [-0.39, 0.29) is 22.2 Å². The third-order valence-corrected chi connectivity index (χ3v) is 7.65. The molecule has 10 nitrogen and oxygen atoms in total. The summed E-state index contributed by atoms with van der Waals surface area (Å²) in [6.45, 7) is 4.89. The third-order valence-electron chi connectivity index (χ3n) is 4.81. The van der Waals surface area contributed by atoms with E-state index in [1.165, 1.54) is 55.5 Å². The van der Waals surface area contributed by atoms with E-state index in [0.29, 0.717) is 16.4 Å². The molecule has 0 fully saturated rings. The van der Waals surface area contributed by atoms with E-state index in [1.54, 1.807) is 19.9 Å². The van der Waals surface area contributed by atoms with Crippen molar-refractivity contribution in [3.63, 3.8) is 0 Å². The molecule has 0 saturated carbocycles. The van der Waals surface area contributed by atoms with Crippen LogP contribution in [0.25, 0.3) is 0 Å². The van der Waals surface area contributed by atoms with Gasteiger partial charge in [0.2, 0.25) is 21.9 Å². The van der Waals surface area contributed by atoms with Crippen molar-refractivity contribution in [2.24, 2.45) is 0 Å². The monoisotopic (exact) mass is 537 g/mol. The van der Waals surface area contributed by atoms with Crippen molar-refractivity contribution in [2.45, 2.75) is 31.7 Å². The summed E-state index contributed by atoms with van der Waals surface area (Å²) in [6, 6.07) is 12.1. The van der Waals surface area contributed by atoms with Gasteiger partial charge in [-0.1, -0.05) is 11.6 Å². The van der Waals surface area contributed by atoms with Crippen molar-refractivity contribution in [1.82, 2.24) is 9.97 Å². The Kier molecular flexibility index (Phi) is 7.68. The van der Waals surface area contributed by atoms with Crippen LogP contribution in [0, 0.1) is 13.8 Å². The summed E-state index contributed by atoms with van der Waals surface area (Å²) in [5.74, 6) is -0.653. The van der Waals surface area contributed by atoms with Crippen LogP contribution in [0.5, 0.6) is 0 Å². The molecule has 0 aliphatic rings. The molecule has 1 atom stereocenters. The number of rotatable bonds is 8. The number of aryl methyl sites for hydroxylation is 2. The topological polar surface area (TPSA) is 138 Å². The standard InChI is InChI=1S/C22H24ClN5O5S2/c1-14-13-15(2)25-22(24-14)27-35(32,33)20-11-7-18(8-12-20)26-21(29)16(3)28(34(4,30)31)19-9-5-17(23)6-10-19/h5-13,16H,1-4H3,(H,26,29)(H,24,25,27)/t16-/m1/s1. The van der Waals surface area contributed by atoms with Crippen LogP contribution in [0.4, 0.5) is 17.3 Å². The van der Waals surface area contributed by atoms with Crippen molar-refractivity contribution in [1.29, 1.82) is 0 Å². The van der Waals surface area contributed by atoms with Crippen molar-refractivity contribution < 1.29 is 21.6 Å². The molecule has 1 heterocycles. The largest absolute Gasteiger partial charge is 0.324 e. The molecule has 0 saturated heterocycles. The lowest BCUT2D eigenvalue weighted by Gasteiger charge is -2.28. The van der Waals surface area contributed by atoms with Gasteiger partial charge in [-0.05, 0) is 75.4 Å². The van der Waals surface area contributed by atoms with E-state index in [2.05, 4.69) is 20.0 Å². The summed E-state index contributed by atoms with van der Waals surface area (Å²) >= 11 is 5.88. The molecule has 1 amide bonds. The first-order chi connectivity index (χ1) is 16.3. The van der Waals surface area contributed by atoms with Crippen LogP contribution in [0.1, 0.15) is 18.3 Å². The summed E-state index contributed by atoms with van der Waals surface area (Å²) < 4.78 is 53.5. The molecule has 35 heavy (non-hydrogen) atoms. The van der Waals surface area contributed by atoms with E-state index in [4.69, 9.17) is 11.6 Å². The normalized spacial score (nSPS) is 12.6. The summed E-state index contributed by atoms with van der Waals surface area (Å²) in [5.41, 5.74) is 1.79. The quantitative estimate of drug-likeness (QED) is 0.449. The minimum absolute atomic E-state index is 0.0447. The molecule has 0 spiro atoms. The van der Waals surface area contributed by atoms with Gasteiger partial charge in [0, 0.05) is 22.1 Å². The fourth-order valence-corrected chi connectivity index (χ4v) is 5.56.